The van der Waals surface area contributed by atoms with E-state index in [9.17, 15) is 13.2 Å². The fourth-order valence-corrected chi connectivity index (χ4v) is 5.50. The maximum absolute atomic E-state index is 13.3. The number of hydrogen-bond acceptors (Lipinski definition) is 4. The molecule has 1 aromatic heterocycles. The van der Waals surface area contributed by atoms with Gasteiger partial charge in [0.25, 0.3) is 5.91 Å². The molecule has 0 atom stereocenters. The molecule has 0 radical (unpaired) electrons. The molecule has 0 saturated heterocycles. The molecule has 3 aromatic rings. The Morgan fingerprint density at radius 1 is 1.13 bits per heavy atom. The summed E-state index contributed by atoms with van der Waals surface area (Å²) < 4.78 is 33.3. The van der Waals surface area contributed by atoms with E-state index in [1.165, 1.54) is 33.7 Å². The van der Waals surface area contributed by atoms with Crippen molar-refractivity contribution >= 4 is 27.5 Å². The van der Waals surface area contributed by atoms with Crippen LogP contribution in [0.25, 0.3) is 0 Å². The summed E-state index contributed by atoms with van der Waals surface area (Å²) in [6.07, 6.45) is 2.18. The van der Waals surface area contributed by atoms with Crippen LogP contribution in [0.1, 0.15) is 27.2 Å². The van der Waals surface area contributed by atoms with Gasteiger partial charge in [0.15, 0.2) is 0 Å². The van der Waals surface area contributed by atoms with Gasteiger partial charge in [-0.15, -0.1) is 0 Å². The Bertz CT molecular complexity index is 1180. The zero-order valence-corrected chi connectivity index (χ0v) is 18.0. The highest BCUT2D eigenvalue weighted by molar-refractivity contribution is 7.89. The van der Waals surface area contributed by atoms with Crippen LogP contribution in [0.4, 0.5) is 0 Å². The Morgan fingerprint density at radius 2 is 1.90 bits per heavy atom. The molecule has 156 valence electrons. The molecule has 1 aliphatic heterocycles. The first kappa shape index (κ1) is 20.7. The second-order valence-corrected chi connectivity index (χ2v) is 9.56. The lowest BCUT2D eigenvalue weighted by Gasteiger charge is -2.28. The second-order valence-electron chi connectivity index (χ2n) is 7.24. The lowest BCUT2D eigenvalue weighted by Crippen LogP contribution is -2.36. The van der Waals surface area contributed by atoms with Gasteiger partial charge in [-0.1, -0.05) is 35.9 Å². The van der Waals surface area contributed by atoms with Crippen LogP contribution in [0.2, 0.25) is 5.02 Å². The van der Waals surface area contributed by atoms with Crippen LogP contribution in [0.15, 0.2) is 70.2 Å². The van der Waals surface area contributed by atoms with Gasteiger partial charge in [-0.3, -0.25) is 4.79 Å². The molecule has 1 aliphatic rings. The molecule has 2 aromatic carbocycles. The van der Waals surface area contributed by atoms with E-state index < -0.39 is 10.0 Å². The molecule has 6 nitrogen and oxygen atoms in total. The molecule has 0 fully saturated rings. The van der Waals surface area contributed by atoms with Crippen molar-refractivity contribution in [2.75, 3.05) is 13.6 Å². The predicted octanol–water partition coefficient (Wildman–Crippen LogP) is 3.95. The third kappa shape index (κ3) is 4.01. The van der Waals surface area contributed by atoms with Crippen molar-refractivity contribution < 1.29 is 17.6 Å². The topological polar surface area (TPSA) is 70.8 Å². The van der Waals surface area contributed by atoms with E-state index in [4.69, 9.17) is 16.0 Å². The highest BCUT2D eigenvalue weighted by atomic mass is 35.5. The molecular formula is C22H21ClN2O4S. The van der Waals surface area contributed by atoms with E-state index in [1.807, 2.05) is 24.3 Å². The Labute approximate surface area is 180 Å². The lowest BCUT2D eigenvalue weighted by atomic mass is 10.0. The Balaban J connectivity index is 1.60. The Kier molecular flexibility index (Phi) is 5.69. The van der Waals surface area contributed by atoms with E-state index in [2.05, 4.69) is 0 Å². The summed E-state index contributed by atoms with van der Waals surface area (Å²) in [4.78, 5) is 14.2. The number of halogens is 1. The molecule has 0 spiro atoms. The molecule has 0 unspecified atom stereocenters. The first-order valence-electron chi connectivity index (χ1n) is 9.50. The van der Waals surface area contributed by atoms with Crippen LogP contribution >= 0.6 is 11.6 Å². The average molecular weight is 445 g/mol. The van der Waals surface area contributed by atoms with Gasteiger partial charge < -0.3 is 9.32 Å². The molecular weight excluding hydrogens is 424 g/mol. The van der Waals surface area contributed by atoms with E-state index in [-0.39, 0.29) is 34.5 Å². The highest BCUT2D eigenvalue weighted by Crippen LogP contribution is 2.30. The summed E-state index contributed by atoms with van der Waals surface area (Å²) in [6.45, 7) is 0.928. The summed E-state index contributed by atoms with van der Waals surface area (Å²) in [6, 6.07) is 15.7. The fourth-order valence-electron chi connectivity index (χ4n) is 3.58. The van der Waals surface area contributed by atoms with Gasteiger partial charge in [-0.2, -0.15) is 4.31 Å². The van der Waals surface area contributed by atoms with E-state index in [1.54, 1.807) is 19.2 Å². The zero-order chi connectivity index (χ0) is 21.3. The maximum Gasteiger partial charge on any atom is 0.254 e. The van der Waals surface area contributed by atoms with Crippen molar-refractivity contribution in [3.63, 3.8) is 0 Å². The second kappa shape index (κ2) is 8.26. The van der Waals surface area contributed by atoms with Crippen LogP contribution in [0, 0.1) is 0 Å². The summed E-state index contributed by atoms with van der Waals surface area (Å²) >= 11 is 6.25. The number of hydrogen-bond donors (Lipinski definition) is 0. The van der Waals surface area contributed by atoms with Crippen LogP contribution in [0.5, 0.6) is 0 Å². The van der Waals surface area contributed by atoms with Crippen molar-refractivity contribution in [3.05, 3.63) is 88.3 Å². The van der Waals surface area contributed by atoms with Crippen molar-refractivity contribution in [2.24, 2.45) is 0 Å². The smallest absolute Gasteiger partial charge is 0.254 e. The van der Waals surface area contributed by atoms with Gasteiger partial charge >= 0.3 is 0 Å². The van der Waals surface area contributed by atoms with Gasteiger partial charge in [0.05, 0.1) is 17.8 Å². The van der Waals surface area contributed by atoms with Gasteiger partial charge in [0.2, 0.25) is 10.0 Å². The first-order chi connectivity index (χ1) is 14.4. The summed E-state index contributed by atoms with van der Waals surface area (Å²) in [5.41, 5.74) is 2.39. The lowest BCUT2D eigenvalue weighted by molar-refractivity contribution is 0.0775. The molecule has 0 bridgehead atoms. The van der Waals surface area contributed by atoms with Crippen LogP contribution in [-0.4, -0.2) is 37.1 Å². The third-order valence-electron chi connectivity index (χ3n) is 5.21. The van der Waals surface area contributed by atoms with Gasteiger partial charge in [0.1, 0.15) is 10.7 Å². The van der Waals surface area contributed by atoms with Crippen molar-refractivity contribution in [1.82, 2.24) is 9.21 Å². The monoisotopic (exact) mass is 444 g/mol. The SMILES string of the molecule is CN(Cc1ccco1)C(=O)c1ccc(Cl)c(S(=O)(=O)N2CCc3ccccc3C2)c1. The molecule has 0 aliphatic carbocycles. The number of sulfonamides is 1. The molecule has 0 saturated carbocycles. The number of fused-ring (bicyclic) bond motifs is 1. The minimum absolute atomic E-state index is 0.0548. The fraction of sp³-hybridized carbons (Fsp3) is 0.227. The Morgan fingerprint density at radius 3 is 2.63 bits per heavy atom. The summed E-state index contributed by atoms with van der Waals surface area (Å²) in [5.74, 6) is 0.322. The quantitative estimate of drug-likeness (QED) is 0.597. The largest absolute Gasteiger partial charge is 0.467 e. The normalized spacial score (nSPS) is 14.3. The zero-order valence-electron chi connectivity index (χ0n) is 16.4. The number of furan rings is 1. The van der Waals surface area contributed by atoms with E-state index in [0.29, 0.717) is 18.7 Å². The molecule has 8 heteroatoms. The van der Waals surface area contributed by atoms with Gasteiger partial charge in [-0.05, 0) is 47.9 Å². The van der Waals surface area contributed by atoms with E-state index >= 15 is 0 Å². The van der Waals surface area contributed by atoms with Crippen molar-refractivity contribution in [3.8, 4) is 0 Å². The number of rotatable bonds is 5. The van der Waals surface area contributed by atoms with Gasteiger partial charge in [0, 0.05) is 25.7 Å². The molecule has 0 N–H and O–H groups in total. The van der Waals surface area contributed by atoms with E-state index in [0.717, 1.165) is 11.1 Å². The minimum atomic E-state index is -3.85. The average Bonchev–Trinajstić information content (AvgIpc) is 3.26. The number of nitrogens with zero attached hydrogens (tertiary/aromatic N) is 2. The molecule has 1 amide bonds. The highest BCUT2D eigenvalue weighted by Gasteiger charge is 2.30. The minimum Gasteiger partial charge on any atom is -0.467 e. The van der Waals surface area contributed by atoms with Crippen LogP contribution < -0.4 is 0 Å². The van der Waals surface area contributed by atoms with Crippen LogP contribution in [-0.2, 0) is 29.5 Å². The predicted molar refractivity (Wildman–Crippen MR) is 114 cm³/mol. The Hall–Kier alpha value is -2.61. The standard InChI is InChI=1S/C22H21ClN2O4S/c1-24(15-19-7-4-12-29-19)22(26)17-8-9-20(23)21(13-17)30(27,28)25-11-10-16-5-2-3-6-18(16)14-25/h2-9,12-13H,10-11,14-15H2,1H3. The molecule has 2 heterocycles. The van der Waals surface area contributed by atoms with Gasteiger partial charge in [-0.25, -0.2) is 8.42 Å². The number of carbonyl (C=O) groups excluding carboxylic acids is 1. The summed E-state index contributed by atoms with van der Waals surface area (Å²) in [5, 5.41) is 0.0964. The number of amides is 1. The van der Waals surface area contributed by atoms with Crippen molar-refractivity contribution in [1.29, 1.82) is 0 Å². The number of benzene rings is 2. The van der Waals surface area contributed by atoms with Crippen LogP contribution in [0.3, 0.4) is 0 Å². The molecule has 4 rings (SSSR count). The third-order valence-corrected chi connectivity index (χ3v) is 7.54. The number of carbonyl (C=O) groups is 1. The summed E-state index contributed by atoms with van der Waals surface area (Å²) in [7, 11) is -2.22. The van der Waals surface area contributed by atoms with Crippen molar-refractivity contribution in [2.45, 2.75) is 24.4 Å². The maximum atomic E-state index is 13.3. The molecule has 30 heavy (non-hydrogen) atoms. The first-order valence-corrected chi connectivity index (χ1v) is 11.3.